The van der Waals surface area contributed by atoms with Crippen molar-refractivity contribution in [3.63, 3.8) is 0 Å². The van der Waals surface area contributed by atoms with Crippen molar-refractivity contribution < 1.29 is 9.59 Å². The van der Waals surface area contributed by atoms with Crippen molar-refractivity contribution in [3.05, 3.63) is 108 Å². The minimum absolute atomic E-state index is 0.0893. The number of benzene rings is 4. The molecule has 0 radical (unpaired) electrons. The predicted octanol–water partition coefficient (Wildman–Crippen LogP) is 5.36. The average molecular weight is 450 g/mol. The fourth-order valence-corrected chi connectivity index (χ4v) is 4.34. The van der Waals surface area contributed by atoms with E-state index in [1.807, 2.05) is 103 Å². The van der Waals surface area contributed by atoms with Gasteiger partial charge in [0.2, 0.25) is 0 Å². The lowest BCUT2D eigenvalue weighted by Gasteiger charge is -2.36. The summed E-state index contributed by atoms with van der Waals surface area (Å²) in [4.78, 5) is 29.7. The largest absolute Gasteiger partial charge is 0.368 e. The number of carbonyl (C=O) groups excluding carboxylic acids is 2. The van der Waals surface area contributed by atoms with Gasteiger partial charge in [-0.05, 0) is 66.2 Å². The monoisotopic (exact) mass is 449 g/mol. The van der Waals surface area contributed by atoms with E-state index in [9.17, 15) is 9.59 Å². The van der Waals surface area contributed by atoms with Crippen molar-refractivity contribution in [2.75, 3.05) is 36.4 Å². The van der Waals surface area contributed by atoms with Crippen LogP contribution in [0.2, 0.25) is 0 Å². The van der Waals surface area contributed by atoms with Crippen LogP contribution in [-0.2, 0) is 0 Å². The number of carbonyl (C=O) groups is 2. The fraction of sp³-hybridized carbons (Fsp3) is 0.172. The van der Waals surface area contributed by atoms with Crippen molar-refractivity contribution >= 4 is 34.0 Å². The summed E-state index contributed by atoms with van der Waals surface area (Å²) in [5, 5.41) is 5.15. The summed E-state index contributed by atoms with van der Waals surface area (Å²) in [6, 6.07) is 29.4. The Morgan fingerprint density at radius 2 is 1.35 bits per heavy atom. The van der Waals surface area contributed by atoms with Crippen LogP contribution in [0, 0.1) is 6.92 Å². The van der Waals surface area contributed by atoms with Gasteiger partial charge in [-0.3, -0.25) is 9.59 Å². The van der Waals surface area contributed by atoms with Crippen LogP contribution in [0.3, 0.4) is 0 Å². The predicted molar refractivity (Wildman–Crippen MR) is 138 cm³/mol. The minimum Gasteiger partial charge on any atom is -0.368 e. The van der Waals surface area contributed by atoms with E-state index in [1.165, 1.54) is 0 Å². The molecule has 34 heavy (non-hydrogen) atoms. The maximum atomic E-state index is 12.8. The van der Waals surface area contributed by atoms with Gasteiger partial charge in [-0.25, -0.2) is 0 Å². The van der Waals surface area contributed by atoms with Gasteiger partial charge in [0.05, 0.1) is 0 Å². The number of rotatable bonds is 4. The topological polar surface area (TPSA) is 52.7 Å². The zero-order chi connectivity index (χ0) is 23.5. The van der Waals surface area contributed by atoms with Gasteiger partial charge in [-0.15, -0.1) is 0 Å². The van der Waals surface area contributed by atoms with Crippen molar-refractivity contribution in [1.82, 2.24) is 4.90 Å². The molecule has 170 valence electrons. The molecule has 0 spiro atoms. The van der Waals surface area contributed by atoms with E-state index in [1.54, 1.807) is 0 Å². The van der Waals surface area contributed by atoms with Gasteiger partial charge < -0.3 is 15.1 Å². The second-order valence-electron chi connectivity index (χ2n) is 8.71. The summed E-state index contributed by atoms with van der Waals surface area (Å²) in [6.07, 6.45) is 0. The number of nitrogens with zero attached hydrogens (tertiary/aromatic N) is 2. The number of hydrogen-bond donors (Lipinski definition) is 1. The summed E-state index contributed by atoms with van der Waals surface area (Å²) in [5.41, 5.74) is 4.38. The molecule has 4 aromatic carbocycles. The maximum absolute atomic E-state index is 12.8. The third-order valence-electron chi connectivity index (χ3n) is 6.37. The van der Waals surface area contributed by atoms with Gasteiger partial charge in [0, 0.05) is 48.7 Å². The quantitative estimate of drug-likeness (QED) is 0.456. The third-order valence-corrected chi connectivity index (χ3v) is 6.37. The highest BCUT2D eigenvalue weighted by atomic mass is 16.2. The van der Waals surface area contributed by atoms with Crippen LogP contribution in [0.15, 0.2) is 91.0 Å². The minimum atomic E-state index is -0.123. The molecule has 0 atom stereocenters. The molecule has 1 saturated heterocycles. The van der Waals surface area contributed by atoms with Crippen LogP contribution in [-0.4, -0.2) is 42.9 Å². The Kier molecular flexibility index (Phi) is 6.00. The van der Waals surface area contributed by atoms with Gasteiger partial charge >= 0.3 is 0 Å². The number of fused-ring (bicyclic) bond motifs is 1. The lowest BCUT2D eigenvalue weighted by molar-refractivity contribution is 0.0746. The van der Waals surface area contributed by atoms with E-state index >= 15 is 0 Å². The van der Waals surface area contributed by atoms with Gasteiger partial charge in [0.25, 0.3) is 11.8 Å². The first kappa shape index (κ1) is 21.7. The van der Waals surface area contributed by atoms with Gasteiger partial charge in [-0.1, -0.05) is 48.0 Å². The lowest BCUT2D eigenvalue weighted by atomic mass is 10.1. The van der Waals surface area contributed by atoms with Gasteiger partial charge in [0.15, 0.2) is 0 Å². The number of hydrogen-bond acceptors (Lipinski definition) is 3. The molecule has 5 heteroatoms. The molecule has 0 aliphatic carbocycles. The molecule has 0 unspecified atom stereocenters. The molecule has 4 aromatic rings. The van der Waals surface area contributed by atoms with Crippen LogP contribution in [0.5, 0.6) is 0 Å². The van der Waals surface area contributed by atoms with E-state index in [0.29, 0.717) is 18.7 Å². The Hall–Kier alpha value is -4.12. The molecule has 0 aromatic heterocycles. The smallest absolute Gasteiger partial charge is 0.255 e. The highest BCUT2D eigenvalue weighted by molar-refractivity contribution is 6.06. The average Bonchev–Trinajstić information content (AvgIpc) is 2.89. The summed E-state index contributed by atoms with van der Waals surface area (Å²) >= 11 is 0. The van der Waals surface area contributed by atoms with Crippen LogP contribution in [0.4, 0.5) is 11.4 Å². The van der Waals surface area contributed by atoms with Crippen molar-refractivity contribution in [2.24, 2.45) is 0 Å². The summed E-state index contributed by atoms with van der Waals surface area (Å²) < 4.78 is 0. The van der Waals surface area contributed by atoms with Crippen LogP contribution in [0.25, 0.3) is 10.8 Å². The molecule has 1 heterocycles. The normalized spacial score (nSPS) is 13.7. The zero-order valence-electron chi connectivity index (χ0n) is 19.2. The fourth-order valence-electron chi connectivity index (χ4n) is 4.34. The van der Waals surface area contributed by atoms with E-state index in [2.05, 4.69) is 10.2 Å². The van der Waals surface area contributed by atoms with Crippen molar-refractivity contribution in [1.29, 1.82) is 0 Å². The first-order chi connectivity index (χ1) is 16.6. The zero-order valence-corrected chi connectivity index (χ0v) is 19.2. The Morgan fingerprint density at radius 1 is 0.706 bits per heavy atom. The molecule has 1 aliphatic heterocycles. The van der Waals surface area contributed by atoms with Crippen LogP contribution >= 0.6 is 0 Å². The standard InChI is InChI=1S/C29H27N3O2/c1-21-6-8-23(9-7-21)29(34)32-18-16-31(17-19-32)27-14-12-26(13-15-27)30-28(33)25-11-10-22-4-2-3-5-24(22)20-25/h2-15,20H,16-19H2,1H3,(H,30,33). The van der Waals surface area contributed by atoms with Gasteiger partial charge in [0.1, 0.15) is 0 Å². The highest BCUT2D eigenvalue weighted by Gasteiger charge is 2.22. The summed E-state index contributed by atoms with van der Waals surface area (Å²) in [5.74, 6) is -0.0341. The second-order valence-corrected chi connectivity index (χ2v) is 8.71. The molecule has 2 amide bonds. The Balaban J connectivity index is 1.18. The van der Waals surface area contributed by atoms with Gasteiger partial charge in [-0.2, -0.15) is 0 Å². The number of nitrogens with one attached hydrogen (secondary N) is 1. The summed E-state index contributed by atoms with van der Waals surface area (Å²) in [7, 11) is 0. The molecule has 1 aliphatic rings. The van der Waals surface area contributed by atoms with Crippen molar-refractivity contribution in [2.45, 2.75) is 6.92 Å². The van der Waals surface area contributed by atoms with Crippen molar-refractivity contribution in [3.8, 4) is 0 Å². The Labute approximate surface area is 199 Å². The summed E-state index contributed by atoms with van der Waals surface area (Å²) in [6.45, 7) is 4.95. The highest BCUT2D eigenvalue weighted by Crippen LogP contribution is 2.22. The lowest BCUT2D eigenvalue weighted by Crippen LogP contribution is -2.48. The number of amides is 2. The third kappa shape index (κ3) is 4.64. The molecular weight excluding hydrogens is 422 g/mol. The molecule has 5 nitrogen and oxygen atoms in total. The Bertz CT molecular complexity index is 1320. The molecule has 0 bridgehead atoms. The molecule has 5 rings (SSSR count). The molecular formula is C29H27N3O2. The van der Waals surface area contributed by atoms with E-state index in [0.717, 1.165) is 46.4 Å². The molecule has 1 N–H and O–H groups in total. The maximum Gasteiger partial charge on any atom is 0.255 e. The Morgan fingerprint density at radius 3 is 2.06 bits per heavy atom. The van der Waals surface area contributed by atoms with E-state index in [-0.39, 0.29) is 11.8 Å². The van der Waals surface area contributed by atoms with Crippen LogP contribution in [0.1, 0.15) is 26.3 Å². The number of aryl methyl sites for hydroxylation is 1. The van der Waals surface area contributed by atoms with E-state index in [4.69, 9.17) is 0 Å². The first-order valence-corrected chi connectivity index (χ1v) is 11.6. The number of piperazine rings is 1. The second kappa shape index (κ2) is 9.40. The first-order valence-electron chi connectivity index (χ1n) is 11.6. The van der Waals surface area contributed by atoms with E-state index < -0.39 is 0 Å². The van der Waals surface area contributed by atoms with Crippen LogP contribution < -0.4 is 10.2 Å². The SMILES string of the molecule is Cc1ccc(C(=O)N2CCN(c3ccc(NC(=O)c4ccc5ccccc5c4)cc3)CC2)cc1. The number of anilines is 2. The molecule has 0 saturated carbocycles. The molecule has 1 fully saturated rings.